The highest BCUT2D eigenvalue weighted by Crippen LogP contribution is 2.12. The summed E-state index contributed by atoms with van der Waals surface area (Å²) in [5.41, 5.74) is 6.86. The molecule has 0 bridgehead atoms. The zero-order chi connectivity index (χ0) is 15.2. The highest BCUT2D eigenvalue weighted by atomic mass is 19.1. The van der Waals surface area contributed by atoms with Crippen LogP contribution < -0.4 is 16.0 Å². The summed E-state index contributed by atoms with van der Waals surface area (Å²) in [7, 11) is 1.96. The molecule has 0 atom stereocenters. The van der Waals surface area contributed by atoms with Crippen molar-refractivity contribution in [3.05, 3.63) is 59.9 Å². The summed E-state index contributed by atoms with van der Waals surface area (Å²) >= 11 is 0. The van der Waals surface area contributed by atoms with E-state index >= 15 is 0 Å². The fraction of sp³-hybridized carbons (Fsp3) is 0.188. The Bertz CT molecular complexity index is 616. The molecule has 1 amide bonds. The van der Waals surface area contributed by atoms with Crippen molar-refractivity contribution in [3.63, 3.8) is 0 Å². The zero-order valence-corrected chi connectivity index (χ0v) is 11.8. The molecule has 21 heavy (non-hydrogen) atoms. The molecule has 0 saturated heterocycles. The molecule has 2 rings (SSSR count). The molecule has 0 aliphatic rings. The van der Waals surface area contributed by atoms with Gasteiger partial charge in [-0.2, -0.15) is 0 Å². The Morgan fingerprint density at radius 3 is 2.62 bits per heavy atom. The van der Waals surface area contributed by atoms with Gasteiger partial charge >= 0.3 is 0 Å². The summed E-state index contributed by atoms with van der Waals surface area (Å²) in [6.07, 6.45) is 0. The van der Waals surface area contributed by atoms with E-state index in [1.54, 1.807) is 0 Å². The van der Waals surface area contributed by atoms with Crippen molar-refractivity contribution in [2.75, 3.05) is 30.8 Å². The number of rotatable bonds is 5. The summed E-state index contributed by atoms with van der Waals surface area (Å²) in [5.74, 6) is -0.779. The van der Waals surface area contributed by atoms with Crippen LogP contribution in [0, 0.1) is 5.82 Å². The number of anilines is 2. The van der Waals surface area contributed by atoms with Crippen molar-refractivity contribution < 1.29 is 9.18 Å². The van der Waals surface area contributed by atoms with E-state index in [0.717, 1.165) is 5.69 Å². The average molecular weight is 287 g/mol. The lowest BCUT2D eigenvalue weighted by molar-refractivity contribution is 0.0954. The van der Waals surface area contributed by atoms with E-state index < -0.39 is 5.82 Å². The molecule has 0 heterocycles. The maximum Gasteiger partial charge on any atom is 0.251 e. The topological polar surface area (TPSA) is 58.4 Å². The zero-order valence-electron chi connectivity index (χ0n) is 11.8. The van der Waals surface area contributed by atoms with E-state index in [4.69, 9.17) is 5.73 Å². The molecule has 0 saturated carbocycles. The van der Waals surface area contributed by atoms with Crippen LogP contribution >= 0.6 is 0 Å². The number of nitrogens with two attached hydrogens (primary N) is 1. The van der Waals surface area contributed by atoms with Gasteiger partial charge in [0.25, 0.3) is 5.91 Å². The highest BCUT2D eigenvalue weighted by molar-refractivity contribution is 5.95. The molecular formula is C16H18FN3O. The van der Waals surface area contributed by atoms with Crippen molar-refractivity contribution in [3.8, 4) is 0 Å². The highest BCUT2D eigenvalue weighted by Gasteiger charge is 2.08. The fourth-order valence-electron chi connectivity index (χ4n) is 1.94. The van der Waals surface area contributed by atoms with Crippen LogP contribution in [0.3, 0.4) is 0 Å². The summed E-state index contributed by atoms with van der Waals surface area (Å²) in [6.45, 7) is 1.16. The number of benzene rings is 2. The second kappa shape index (κ2) is 6.74. The van der Waals surface area contributed by atoms with Gasteiger partial charge in [0.1, 0.15) is 5.82 Å². The number of hydrogen-bond donors (Lipinski definition) is 2. The van der Waals surface area contributed by atoms with Crippen molar-refractivity contribution in [1.29, 1.82) is 0 Å². The fourth-order valence-corrected chi connectivity index (χ4v) is 1.94. The first-order valence-electron chi connectivity index (χ1n) is 6.67. The monoisotopic (exact) mass is 287 g/mol. The molecule has 0 aliphatic heterocycles. The van der Waals surface area contributed by atoms with Gasteiger partial charge in [-0.15, -0.1) is 0 Å². The molecule has 0 unspecified atom stereocenters. The first-order valence-corrected chi connectivity index (χ1v) is 6.67. The molecule has 0 fully saturated rings. The molecule has 0 aliphatic carbocycles. The van der Waals surface area contributed by atoms with Gasteiger partial charge in [0, 0.05) is 31.4 Å². The second-order valence-electron chi connectivity index (χ2n) is 4.75. The van der Waals surface area contributed by atoms with Crippen LogP contribution in [0.25, 0.3) is 0 Å². The van der Waals surface area contributed by atoms with Crippen LogP contribution in [0.1, 0.15) is 10.4 Å². The number of hydrogen-bond acceptors (Lipinski definition) is 3. The molecule has 3 N–H and O–H groups in total. The average Bonchev–Trinajstić information content (AvgIpc) is 2.50. The lowest BCUT2D eigenvalue weighted by atomic mass is 10.2. The Labute approximate surface area is 123 Å². The summed E-state index contributed by atoms with van der Waals surface area (Å²) in [4.78, 5) is 14.0. The first-order chi connectivity index (χ1) is 10.1. The van der Waals surface area contributed by atoms with E-state index in [1.807, 2.05) is 42.3 Å². The standard InChI is InChI=1S/C16H18FN3O/c1-20(13-5-3-2-4-6-13)10-9-19-16(21)12-7-8-14(17)15(18)11-12/h2-8,11H,9-10,18H2,1H3,(H,19,21). The van der Waals surface area contributed by atoms with E-state index in [9.17, 15) is 9.18 Å². The Balaban J connectivity index is 1.85. The van der Waals surface area contributed by atoms with Gasteiger partial charge in [-0.1, -0.05) is 18.2 Å². The van der Waals surface area contributed by atoms with Crippen LogP contribution in [0.4, 0.5) is 15.8 Å². The van der Waals surface area contributed by atoms with Gasteiger partial charge in [-0.25, -0.2) is 4.39 Å². The van der Waals surface area contributed by atoms with E-state index in [2.05, 4.69) is 5.32 Å². The first kappa shape index (κ1) is 14.8. The number of amides is 1. The Morgan fingerprint density at radius 1 is 1.24 bits per heavy atom. The Kier molecular flexibility index (Phi) is 4.77. The SMILES string of the molecule is CN(CCNC(=O)c1ccc(F)c(N)c1)c1ccccc1. The molecule has 0 aromatic heterocycles. The Hall–Kier alpha value is -2.56. The summed E-state index contributed by atoms with van der Waals surface area (Å²) in [5, 5.41) is 2.79. The lowest BCUT2D eigenvalue weighted by Crippen LogP contribution is -2.33. The summed E-state index contributed by atoms with van der Waals surface area (Å²) < 4.78 is 13.0. The molecule has 2 aromatic rings. The Morgan fingerprint density at radius 2 is 1.95 bits per heavy atom. The van der Waals surface area contributed by atoms with Gasteiger partial charge in [0.2, 0.25) is 0 Å². The third kappa shape index (κ3) is 3.95. The smallest absolute Gasteiger partial charge is 0.251 e. The van der Waals surface area contributed by atoms with Gasteiger partial charge in [-0.05, 0) is 30.3 Å². The van der Waals surface area contributed by atoms with Crippen LogP contribution in [-0.2, 0) is 0 Å². The number of para-hydroxylation sites is 1. The third-order valence-electron chi connectivity index (χ3n) is 3.19. The van der Waals surface area contributed by atoms with Crippen LogP contribution in [0.2, 0.25) is 0 Å². The maximum atomic E-state index is 13.0. The van der Waals surface area contributed by atoms with E-state index in [-0.39, 0.29) is 11.6 Å². The predicted octanol–water partition coefficient (Wildman–Crippen LogP) is 2.27. The van der Waals surface area contributed by atoms with Crippen molar-refractivity contribution in [2.24, 2.45) is 0 Å². The molecule has 0 radical (unpaired) electrons. The number of nitrogens with one attached hydrogen (secondary N) is 1. The molecule has 110 valence electrons. The number of carbonyl (C=O) groups is 1. The number of nitrogen functional groups attached to an aromatic ring is 1. The van der Waals surface area contributed by atoms with E-state index in [0.29, 0.717) is 18.7 Å². The van der Waals surface area contributed by atoms with Gasteiger partial charge in [0.15, 0.2) is 0 Å². The van der Waals surface area contributed by atoms with Gasteiger partial charge in [-0.3, -0.25) is 4.79 Å². The number of nitrogens with zero attached hydrogens (tertiary/aromatic N) is 1. The van der Waals surface area contributed by atoms with Crippen LogP contribution in [0.5, 0.6) is 0 Å². The van der Waals surface area contributed by atoms with Crippen molar-refractivity contribution in [2.45, 2.75) is 0 Å². The van der Waals surface area contributed by atoms with Crippen molar-refractivity contribution >= 4 is 17.3 Å². The van der Waals surface area contributed by atoms with Crippen molar-refractivity contribution in [1.82, 2.24) is 5.32 Å². The van der Waals surface area contributed by atoms with Crippen LogP contribution in [-0.4, -0.2) is 26.0 Å². The second-order valence-corrected chi connectivity index (χ2v) is 4.75. The molecule has 4 nitrogen and oxygen atoms in total. The lowest BCUT2D eigenvalue weighted by Gasteiger charge is -2.19. The van der Waals surface area contributed by atoms with E-state index in [1.165, 1.54) is 18.2 Å². The minimum absolute atomic E-state index is 0.0240. The molecular weight excluding hydrogens is 269 g/mol. The maximum absolute atomic E-state index is 13.0. The molecule has 0 spiro atoms. The number of halogens is 1. The summed E-state index contributed by atoms with van der Waals surface area (Å²) in [6, 6.07) is 13.8. The minimum atomic E-state index is -0.518. The quantitative estimate of drug-likeness (QED) is 0.829. The van der Waals surface area contributed by atoms with Crippen LogP contribution in [0.15, 0.2) is 48.5 Å². The number of carbonyl (C=O) groups excluding carboxylic acids is 1. The molecule has 2 aromatic carbocycles. The predicted molar refractivity (Wildman–Crippen MR) is 82.9 cm³/mol. The van der Waals surface area contributed by atoms with Gasteiger partial charge in [0.05, 0.1) is 5.69 Å². The largest absolute Gasteiger partial charge is 0.396 e. The normalized spacial score (nSPS) is 10.2. The third-order valence-corrected chi connectivity index (χ3v) is 3.19. The number of likely N-dealkylation sites (N-methyl/N-ethyl adjacent to an activating group) is 1. The van der Waals surface area contributed by atoms with Gasteiger partial charge < -0.3 is 16.0 Å². The molecule has 5 heteroatoms. The minimum Gasteiger partial charge on any atom is -0.396 e.